The normalized spacial score (nSPS) is 22.7. The van der Waals surface area contributed by atoms with E-state index in [1.165, 1.54) is 25.7 Å². The molecule has 1 aromatic rings. The number of hydrogen-bond acceptors (Lipinski definition) is 3. The number of benzene rings is 1. The fourth-order valence-electron chi connectivity index (χ4n) is 3.54. The van der Waals surface area contributed by atoms with Crippen molar-refractivity contribution in [3.8, 4) is 0 Å². The molecule has 0 bridgehead atoms. The largest absolute Gasteiger partial charge is 0.309 e. The molecule has 1 aliphatic carbocycles. The average molecular weight is 308 g/mol. The Kier molecular flexibility index (Phi) is 5.19. The first-order valence-corrected chi connectivity index (χ1v) is 9.09. The average Bonchev–Trinajstić information content (AvgIpc) is 3.02. The van der Waals surface area contributed by atoms with Gasteiger partial charge in [0.15, 0.2) is 0 Å². The Balaban J connectivity index is 1.53. The molecule has 0 radical (unpaired) electrons. The quantitative estimate of drug-likeness (QED) is 0.890. The van der Waals surface area contributed by atoms with Gasteiger partial charge in [-0.1, -0.05) is 25.0 Å². The lowest BCUT2D eigenvalue weighted by Gasteiger charge is -2.29. The van der Waals surface area contributed by atoms with Gasteiger partial charge in [0, 0.05) is 30.1 Å². The van der Waals surface area contributed by atoms with Crippen molar-refractivity contribution < 1.29 is 4.39 Å². The maximum absolute atomic E-state index is 13.8. The second-order valence-corrected chi connectivity index (χ2v) is 7.33. The van der Waals surface area contributed by atoms with E-state index < -0.39 is 0 Å². The van der Waals surface area contributed by atoms with Crippen molar-refractivity contribution >= 4 is 11.8 Å². The van der Waals surface area contributed by atoms with Gasteiger partial charge in [0.1, 0.15) is 5.82 Å². The number of halogens is 1. The van der Waals surface area contributed by atoms with Crippen molar-refractivity contribution in [3.63, 3.8) is 0 Å². The van der Waals surface area contributed by atoms with Gasteiger partial charge in [0.2, 0.25) is 0 Å². The summed E-state index contributed by atoms with van der Waals surface area (Å²) in [5.41, 5.74) is 1.15. The van der Waals surface area contributed by atoms with Crippen LogP contribution in [-0.4, -0.2) is 36.8 Å². The van der Waals surface area contributed by atoms with E-state index in [2.05, 4.69) is 23.3 Å². The zero-order valence-electron chi connectivity index (χ0n) is 12.8. The van der Waals surface area contributed by atoms with Gasteiger partial charge >= 0.3 is 0 Å². The van der Waals surface area contributed by atoms with Gasteiger partial charge in [0.25, 0.3) is 0 Å². The van der Waals surface area contributed by atoms with Crippen LogP contribution < -0.4 is 5.32 Å². The predicted molar refractivity (Wildman–Crippen MR) is 87.4 cm³/mol. The molecule has 1 unspecified atom stereocenters. The first-order valence-electron chi connectivity index (χ1n) is 8.10. The highest BCUT2D eigenvalue weighted by Gasteiger charge is 2.23. The molecular weight excluding hydrogens is 283 g/mol. The van der Waals surface area contributed by atoms with E-state index in [0.29, 0.717) is 6.04 Å². The van der Waals surface area contributed by atoms with Crippen LogP contribution in [0.2, 0.25) is 0 Å². The summed E-state index contributed by atoms with van der Waals surface area (Å²) in [4.78, 5) is 3.34. The summed E-state index contributed by atoms with van der Waals surface area (Å²) < 4.78 is 13.8. The number of nitrogens with zero attached hydrogens (tertiary/aromatic N) is 1. The zero-order chi connectivity index (χ0) is 14.7. The summed E-state index contributed by atoms with van der Waals surface area (Å²) in [5, 5.41) is 3.64. The van der Waals surface area contributed by atoms with Crippen LogP contribution in [0, 0.1) is 5.82 Å². The Morgan fingerprint density at radius 2 is 2.10 bits per heavy atom. The van der Waals surface area contributed by atoms with Crippen LogP contribution in [-0.2, 0) is 0 Å². The molecule has 2 aliphatic rings. The Hall–Kier alpha value is -0.580. The van der Waals surface area contributed by atoms with Crippen LogP contribution in [0.1, 0.15) is 43.7 Å². The summed E-state index contributed by atoms with van der Waals surface area (Å²) in [7, 11) is 2.24. The molecule has 0 spiro atoms. The lowest BCUT2D eigenvalue weighted by atomic mass is 10.0. The van der Waals surface area contributed by atoms with E-state index in [1.807, 2.05) is 6.07 Å². The van der Waals surface area contributed by atoms with E-state index >= 15 is 0 Å². The second-order valence-electron chi connectivity index (χ2n) is 6.22. The second kappa shape index (κ2) is 7.12. The number of hydrogen-bond donors (Lipinski definition) is 1. The SMILES string of the molecule is CN(CCNC1CCSc2c(F)cccc21)C1CCCC1. The summed E-state index contributed by atoms with van der Waals surface area (Å²) in [5.74, 6) is 0.941. The Morgan fingerprint density at radius 3 is 2.90 bits per heavy atom. The predicted octanol–water partition coefficient (Wildman–Crippen LogP) is 3.83. The van der Waals surface area contributed by atoms with Gasteiger partial charge < -0.3 is 10.2 Å². The van der Waals surface area contributed by atoms with Crippen molar-refractivity contribution in [2.75, 3.05) is 25.9 Å². The number of fused-ring (bicyclic) bond motifs is 1. The number of likely N-dealkylation sites (N-methyl/N-ethyl adjacent to an activating group) is 1. The third kappa shape index (κ3) is 3.61. The van der Waals surface area contributed by atoms with Crippen LogP contribution >= 0.6 is 11.8 Å². The van der Waals surface area contributed by atoms with E-state index in [0.717, 1.165) is 41.8 Å². The Morgan fingerprint density at radius 1 is 1.29 bits per heavy atom. The third-order valence-electron chi connectivity index (χ3n) is 4.83. The number of thioether (sulfide) groups is 1. The van der Waals surface area contributed by atoms with Crippen LogP contribution in [0.25, 0.3) is 0 Å². The maximum Gasteiger partial charge on any atom is 0.137 e. The van der Waals surface area contributed by atoms with Gasteiger partial charge in [0.05, 0.1) is 0 Å². The summed E-state index contributed by atoms with van der Waals surface area (Å²) in [6.45, 7) is 2.07. The molecule has 1 fully saturated rings. The molecule has 1 atom stereocenters. The minimum Gasteiger partial charge on any atom is -0.309 e. The fourth-order valence-corrected chi connectivity index (χ4v) is 4.68. The molecule has 1 aliphatic heterocycles. The first kappa shape index (κ1) is 15.3. The lowest BCUT2D eigenvalue weighted by molar-refractivity contribution is 0.241. The minimum absolute atomic E-state index is 0.0629. The van der Waals surface area contributed by atoms with Crippen molar-refractivity contribution in [1.82, 2.24) is 10.2 Å². The van der Waals surface area contributed by atoms with E-state index in [4.69, 9.17) is 0 Å². The van der Waals surface area contributed by atoms with E-state index in [9.17, 15) is 4.39 Å². The van der Waals surface area contributed by atoms with Gasteiger partial charge in [-0.2, -0.15) is 0 Å². The molecule has 0 saturated heterocycles. The summed E-state index contributed by atoms with van der Waals surface area (Å²) in [6, 6.07) is 6.57. The molecule has 1 N–H and O–H groups in total. The maximum atomic E-state index is 13.8. The fraction of sp³-hybridized carbons (Fsp3) is 0.647. The summed E-state index contributed by atoms with van der Waals surface area (Å²) >= 11 is 1.65. The molecule has 116 valence electrons. The molecule has 4 heteroatoms. The van der Waals surface area contributed by atoms with E-state index in [1.54, 1.807) is 17.8 Å². The molecule has 3 rings (SSSR count). The van der Waals surface area contributed by atoms with Crippen molar-refractivity contribution in [1.29, 1.82) is 0 Å². The topological polar surface area (TPSA) is 15.3 Å². The highest BCUT2D eigenvalue weighted by atomic mass is 32.2. The first-order chi connectivity index (χ1) is 10.3. The van der Waals surface area contributed by atoms with Crippen molar-refractivity contribution in [2.24, 2.45) is 0 Å². The van der Waals surface area contributed by atoms with Gasteiger partial charge in [-0.15, -0.1) is 11.8 Å². The standard InChI is InChI=1S/C17H25FN2S/c1-20(13-5-2-3-6-13)11-10-19-16-9-12-21-17-14(16)7-4-8-15(17)18/h4,7-8,13,16,19H,2-3,5-6,9-12H2,1H3. The monoisotopic (exact) mass is 308 g/mol. The number of rotatable bonds is 5. The smallest absolute Gasteiger partial charge is 0.137 e. The molecule has 1 aromatic carbocycles. The molecule has 21 heavy (non-hydrogen) atoms. The van der Waals surface area contributed by atoms with Crippen LogP contribution in [0.5, 0.6) is 0 Å². The van der Waals surface area contributed by atoms with Crippen molar-refractivity contribution in [2.45, 2.75) is 49.1 Å². The lowest BCUT2D eigenvalue weighted by Crippen LogP contribution is -2.37. The van der Waals surface area contributed by atoms with Crippen LogP contribution in [0.4, 0.5) is 4.39 Å². The molecule has 0 amide bonds. The third-order valence-corrected chi connectivity index (χ3v) is 5.99. The van der Waals surface area contributed by atoms with Gasteiger partial charge in [-0.25, -0.2) is 4.39 Å². The molecular formula is C17H25FN2S. The van der Waals surface area contributed by atoms with Crippen LogP contribution in [0.3, 0.4) is 0 Å². The van der Waals surface area contributed by atoms with Gasteiger partial charge in [-0.3, -0.25) is 0 Å². The Labute approximate surface area is 131 Å². The summed E-state index contributed by atoms with van der Waals surface area (Å²) in [6.07, 6.45) is 6.56. The van der Waals surface area contributed by atoms with Gasteiger partial charge in [-0.05, 0) is 43.7 Å². The molecule has 2 nitrogen and oxygen atoms in total. The Bertz CT molecular complexity index is 474. The van der Waals surface area contributed by atoms with Crippen LogP contribution in [0.15, 0.2) is 23.1 Å². The number of nitrogens with one attached hydrogen (secondary N) is 1. The van der Waals surface area contributed by atoms with Crippen molar-refractivity contribution in [3.05, 3.63) is 29.6 Å². The zero-order valence-corrected chi connectivity index (χ0v) is 13.6. The van der Waals surface area contributed by atoms with E-state index in [-0.39, 0.29) is 5.82 Å². The highest BCUT2D eigenvalue weighted by molar-refractivity contribution is 7.99. The molecule has 0 aromatic heterocycles. The minimum atomic E-state index is -0.0629. The molecule has 1 heterocycles. The molecule has 1 saturated carbocycles. The highest BCUT2D eigenvalue weighted by Crippen LogP contribution is 2.37.